The second-order valence-electron chi connectivity index (χ2n) is 7.69. The molecule has 7 nitrogen and oxygen atoms in total. The maximum Gasteiger partial charge on any atom is 0.310 e. The quantitative estimate of drug-likeness (QED) is 0.659. The minimum atomic E-state index is -3.84. The van der Waals surface area contributed by atoms with Gasteiger partial charge >= 0.3 is 5.97 Å². The number of amides is 1. The van der Waals surface area contributed by atoms with Gasteiger partial charge in [0.05, 0.1) is 10.8 Å². The number of para-hydroxylation sites is 1. The van der Waals surface area contributed by atoms with Gasteiger partial charge < -0.3 is 9.64 Å². The zero-order chi connectivity index (χ0) is 22.0. The summed E-state index contributed by atoms with van der Waals surface area (Å²) in [5.74, 6) is -2.06. The average molecular weight is 447 g/mol. The molecule has 4 rings (SSSR count). The molecule has 31 heavy (non-hydrogen) atoms. The molecule has 0 aromatic heterocycles. The van der Waals surface area contributed by atoms with Gasteiger partial charge in [-0.2, -0.15) is 4.31 Å². The van der Waals surface area contributed by atoms with Crippen molar-refractivity contribution in [3.63, 3.8) is 0 Å². The van der Waals surface area contributed by atoms with E-state index < -0.39 is 27.7 Å². The van der Waals surface area contributed by atoms with Gasteiger partial charge in [-0.05, 0) is 55.2 Å². The Labute approximate surface area is 180 Å². The standard InChI is InChI=1S/C22H23FN2O5S/c23-18-7-9-19(10-8-18)31(28,29)24-12-3-5-17(14-24)22(27)30-15-21(26)25-13-11-16-4-1-2-6-20(16)25/h1-2,4,6-10,17H,3,5,11-15H2. The largest absolute Gasteiger partial charge is 0.455 e. The first-order chi connectivity index (χ1) is 14.9. The van der Waals surface area contributed by atoms with Gasteiger partial charge in [0.25, 0.3) is 5.91 Å². The molecule has 2 heterocycles. The summed E-state index contributed by atoms with van der Waals surface area (Å²) in [5.41, 5.74) is 1.91. The number of hydrogen-bond acceptors (Lipinski definition) is 5. The maximum atomic E-state index is 13.1. The maximum absolute atomic E-state index is 13.1. The summed E-state index contributed by atoms with van der Waals surface area (Å²) in [7, 11) is -3.84. The highest BCUT2D eigenvalue weighted by molar-refractivity contribution is 7.89. The van der Waals surface area contributed by atoms with Crippen molar-refractivity contribution in [1.82, 2.24) is 4.31 Å². The molecule has 1 unspecified atom stereocenters. The van der Waals surface area contributed by atoms with Gasteiger partial charge in [0.15, 0.2) is 6.61 Å². The highest BCUT2D eigenvalue weighted by Gasteiger charge is 2.34. The number of sulfonamides is 1. The van der Waals surface area contributed by atoms with E-state index in [1.807, 2.05) is 24.3 Å². The molecule has 0 bridgehead atoms. The molecule has 164 valence electrons. The highest BCUT2D eigenvalue weighted by atomic mass is 32.2. The van der Waals surface area contributed by atoms with Crippen LogP contribution in [-0.2, 0) is 30.8 Å². The monoisotopic (exact) mass is 446 g/mol. The van der Waals surface area contributed by atoms with Crippen molar-refractivity contribution in [3.05, 3.63) is 59.9 Å². The number of anilines is 1. The molecule has 2 aliphatic heterocycles. The van der Waals surface area contributed by atoms with E-state index in [1.165, 1.54) is 16.4 Å². The average Bonchev–Trinajstić information content (AvgIpc) is 3.22. The Morgan fingerprint density at radius 1 is 1.06 bits per heavy atom. The summed E-state index contributed by atoms with van der Waals surface area (Å²) in [6, 6.07) is 12.2. The number of benzene rings is 2. The first kappa shape index (κ1) is 21.5. The molecular formula is C22H23FN2O5S. The van der Waals surface area contributed by atoms with Crippen LogP contribution in [0.15, 0.2) is 53.4 Å². The number of carbonyl (C=O) groups is 2. The van der Waals surface area contributed by atoms with Crippen LogP contribution in [0.3, 0.4) is 0 Å². The Bertz CT molecular complexity index is 1090. The molecule has 2 aromatic rings. The first-order valence-corrected chi connectivity index (χ1v) is 11.6. The van der Waals surface area contributed by atoms with E-state index in [4.69, 9.17) is 4.74 Å². The van der Waals surface area contributed by atoms with Crippen molar-refractivity contribution in [2.45, 2.75) is 24.2 Å². The van der Waals surface area contributed by atoms with E-state index in [9.17, 15) is 22.4 Å². The van der Waals surface area contributed by atoms with Crippen molar-refractivity contribution in [2.24, 2.45) is 5.92 Å². The van der Waals surface area contributed by atoms with Gasteiger partial charge in [0, 0.05) is 25.3 Å². The van der Waals surface area contributed by atoms with E-state index in [2.05, 4.69) is 0 Å². The number of halogens is 1. The van der Waals surface area contributed by atoms with Gasteiger partial charge in [-0.25, -0.2) is 12.8 Å². The Morgan fingerprint density at radius 2 is 1.81 bits per heavy atom. The van der Waals surface area contributed by atoms with Crippen LogP contribution in [0.25, 0.3) is 0 Å². The number of hydrogen-bond donors (Lipinski definition) is 0. The van der Waals surface area contributed by atoms with Crippen molar-refractivity contribution in [3.8, 4) is 0 Å². The number of carbonyl (C=O) groups excluding carboxylic acids is 2. The van der Waals surface area contributed by atoms with Crippen LogP contribution in [-0.4, -0.2) is 50.8 Å². The van der Waals surface area contributed by atoms with Crippen molar-refractivity contribution >= 4 is 27.6 Å². The third-order valence-electron chi connectivity index (χ3n) is 5.69. The number of fused-ring (bicyclic) bond motifs is 1. The van der Waals surface area contributed by atoms with Crippen LogP contribution < -0.4 is 4.90 Å². The molecule has 1 saturated heterocycles. The smallest absolute Gasteiger partial charge is 0.310 e. The van der Waals surface area contributed by atoms with E-state index in [-0.39, 0.29) is 30.5 Å². The normalized spacial score (nSPS) is 19.1. The Morgan fingerprint density at radius 3 is 2.58 bits per heavy atom. The molecule has 2 aliphatic rings. The summed E-state index contributed by atoms with van der Waals surface area (Å²) in [5, 5.41) is 0. The first-order valence-electron chi connectivity index (χ1n) is 10.2. The van der Waals surface area contributed by atoms with Crippen LogP contribution in [0.1, 0.15) is 18.4 Å². The Balaban J connectivity index is 1.36. The number of ether oxygens (including phenoxy) is 1. The lowest BCUT2D eigenvalue weighted by atomic mass is 10.00. The molecule has 0 radical (unpaired) electrons. The third kappa shape index (κ3) is 4.47. The van der Waals surface area contributed by atoms with Crippen molar-refractivity contribution < 1.29 is 27.1 Å². The van der Waals surface area contributed by atoms with Crippen LogP contribution in [0, 0.1) is 11.7 Å². The van der Waals surface area contributed by atoms with E-state index >= 15 is 0 Å². The lowest BCUT2D eigenvalue weighted by molar-refractivity contribution is -0.153. The van der Waals surface area contributed by atoms with Gasteiger partial charge in [-0.1, -0.05) is 18.2 Å². The molecule has 2 aromatic carbocycles. The summed E-state index contributed by atoms with van der Waals surface area (Å²) in [6.45, 7) is 0.406. The molecule has 0 spiro atoms. The number of rotatable bonds is 5. The van der Waals surface area contributed by atoms with Gasteiger partial charge in [-0.3, -0.25) is 9.59 Å². The van der Waals surface area contributed by atoms with Gasteiger partial charge in [-0.15, -0.1) is 0 Å². The van der Waals surface area contributed by atoms with Crippen molar-refractivity contribution in [1.29, 1.82) is 0 Å². The van der Waals surface area contributed by atoms with Crippen molar-refractivity contribution in [2.75, 3.05) is 31.1 Å². The fraction of sp³-hybridized carbons (Fsp3) is 0.364. The van der Waals surface area contributed by atoms with Crippen LogP contribution >= 0.6 is 0 Å². The Hall–Kier alpha value is -2.78. The van der Waals surface area contributed by atoms with E-state index in [1.54, 1.807) is 4.90 Å². The fourth-order valence-corrected chi connectivity index (χ4v) is 5.56. The molecule has 1 amide bonds. The van der Waals surface area contributed by atoms with Crippen LogP contribution in [0.4, 0.5) is 10.1 Å². The Kier molecular flexibility index (Phi) is 6.06. The molecule has 9 heteroatoms. The predicted molar refractivity (Wildman–Crippen MR) is 111 cm³/mol. The van der Waals surface area contributed by atoms with Gasteiger partial charge in [0.2, 0.25) is 10.0 Å². The molecule has 0 saturated carbocycles. The zero-order valence-corrected chi connectivity index (χ0v) is 17.7. The highest BCUT2D eigenvalue weighted by Crippen LogP contribution is 2.28. The lowest BCUT2D eigenvalue weighted by Gasteiger charge is -2.30. The van der Waals surface area contributed by atoms with Gasteiger partial charge in [0.1, 0.15) is 5.82 Å². The topological polar surface area (TPSA) is 84.0 Å². The molecular weight excluding hydrogens is 423 g/mol. The second-order valence-corrected chi connectivity index (χ2v) is 9.63. The van der Waals surface area contributed by atoms with Crippen LogP contribution in [0.2, 0.25) is 0 Å². The molecule has 1 fully saturated rings. The third-order valence-corrected chi connectivity index (χ3v) is 7.57. The zero-order valence-electron chi connectivity index (χ0n) is 16.9. The second kappa shape index (κ2) is 8.76. The fourth-order valence-electron chi connectivity index (χ4n) is 4.03. The number of esters is 1. The molecule has 0 N–H and O–H groups in total. The predicted octanol–water partition coefficient (Wildman–Crippen LogP) is 2.36. The SMILES string of the molecule is O=C(OCC(=O)N1CCc2ccccc21)C1CCCN(S(=O)(=O)c2ccc(F)cc2)C1. The minimum absolute atomic E-state index is 0.0224. The van der Waals surface area contributed by atoms with Crippen LogP contribution in [0.5, 0.6) is 0 Å². The number of piperidine rings is 1. The van der Waals surface area contributed by atoms with E-state index in [0.29, 0.717) is 19.4 Å². The minimum Gasteiger partial charge on any atom is -0.455 e. The summed E-state index contributed by atoms with van der Waals surface area (Å²) < 4.78 is 45.2. The summed E-state index contributed by atoms with van der Waals surface area (Å²) >= 11 is 0. The van der Waals surface area contributed by atoms with E-state index in [0.717, 1.165) is 29.8 Å². The molecule has 1 atom stereocenters. The summed E-state index contributed by atoms with van der Waals surface area (Å²) in [6.07, 6.45) is 1.73. The number of nitrogens with zero attached hydrogens (tertiary/aromatic N) is 2. The summed E-state index contributed by atoms with van der Waals surface area (Å²) in [4.78, 5) is 26.7. The lowest BCUT2D eigenvalue weighted by Crippen LogP contribution is -2.43. The molecule has 0 aliphatic carbocycles.